The van der Waals surface area contributed by atoms with Gasteiger partial charge in [-0.05, 0) is 56.7 Å². The van der Waals surface area contributed by atoms with Gasteiger partial charge in [0.15, 0.2) is 7.05 Å². The van der Waals surface area contributed by atoms with Gasteiger partial charge in [0, 0.05) is 11.4 Å². The van der Waals surface area contributed by atoms with Crippen molar-refractivity contribution in [1.82, 2.24) is 10.2 Å². The number of thioether (sulfide) groups is 1. The molecule has 180 valence electrons. The molecule has 0 aromatic carbocycles. The SMILES string of the molecule is CCOC(=O)c1c(NC(=O)CSc2c(=O)o[nH][n+]2C)sc2c1CCN(C(=O)OC(C)(C)C)C2. The highest BCUT2D eigenvalue weighted by Crippen LogP contribution is 2.38. The molecule has 3 rings (SSSR count). The molecule has 0 atom stereocenters. The highest BCUT2D eigenvalue weighted by molar-refractivity contribution is 7.99. The van der Waals surface area contributed by atoms with Gasteiger partial charge in [0.1, 0.15) is 10.6 Å². The van der Waals surface area contributed by atoms with E-state index in [9.17, 15) is 19.2 Å². The number of aryl methyl sites for hydroxylation is 1. The Labute approximate surface area is 198 Å². The number of anilines is 1. The second-order valence-corrected chi connectivity index (χ2v) is 10.3. The van der Waals surface area contributed by atoms with Crippen LogP contribution in [-0.4, -0.2) is 52.6 Å². The zero-order valence-electron chi connectivity index (χ0n) is 19.1. The molecule has 33 heavy (non-hydrogen) atoms. The fraction of sp³-hybridized carbons (Fsp3) is 0.550. The van der Waals surface area contributed by atoms with E-state index in [-0.39, 0.29) is 23.9 Å². The third-order valence-electron chi connectivity index (χ3n) is 4.54. The fourth-order valence-corrected chi connectivity index (χ4v) is 5.18. The number of nitrogens with zero attached hydrogens (tertiary/aromatic N) is 2. The quantitative estimate of drug-likeness (QED) is 0.350. The number of rotatable bonds is 6. The van der Waals surface area contributed by atoms with Crippen LogP contribution in [0.15, 0.2) is 14.3 Å². The first-order valence-electron chi connectivity index (χ1n) is 10.3. The number of hydrogen-bond donors (Lipinski definition) is 2. The molecule has 0 saturated heterocycles. The second-order valence-electron chi connectivity index (χ2n) is 8.26. The van der Waals surface area contributed by atoms with Gasteiger partial charge in [-0.25, -0.2) is 14.4 Å². The van der Waals surface area contributed by atoms with Crippen LogP contribution >= 0.6 is 23.1 Å². The van der Waals surface area contributed by atoms with Crippen LogP contribution in [0.4, 0.5) is 9.80 Å². The van der Waals surface area contributed by atoms with Crippen molar-refractivity contribution in [2.45, 2.75) is 51.3 Å². The van der Waals surface area contributed by atoms with Crippen molar-refractivity contribution >= 4 is 46.1 Å². The van der Waals surface area contributed by atoms with Gasteiger partial charge in [-0.15, -0.1) is 11.3 Å². The minimum atomic E-state index is -0.618. The third-order valence-corrected chi connectivity index (χ3v) is 6.79. The van der Waals surface area contributed by atoms with Crippen LogP contribution in [0.1, 0.15) is 48.5 Å². The standard InChI is InChI=1S/C20H26N4O7S2/c1-6-29-17(26)14-11-7-8-24(19(28)30-20(2,3)4)9-12(11)33-15(14)21-13(25)10-32-16-18(27)31-22-23(16)5/h6-10H2,1-5H3,(H-,21,22,25,26,27)/p+1. The number of carbonyl (C=O) groups is 3. The maximum Gasteiger partial charge on any atom is 0.441 e. The van der Waals surface area contributed by atoms with Crippen LogP contribution in [-0.2, 0) is 34.3 Å². The normalized spacial score (nSPS) is 13.4. The van der Waals surface area contributed by atoms with Crippen LogP contribution in [0, 0.1) is 0 Å². The highest BCUT2D eigenvalue weighted by Gasteiger charge is 2.33. The smallest absolute Gasteiger partial charge is 0.441 e. The Balaban J connectivity index is 1.79. The molecule has 2 aromatic heterocycles. The molecule has 0 bridgehead atoms. The van der Waals surface area contributed by atoms with Crippen LogP contribution in [0.2, 0.25) is 0 Å². The van der Waals surface area contributed by atoms with Crippen LogP contribution in [0.25, 0.3) is 0 Å². The molecule has 1 aliphatic rings. The summed E-state index contributed by atoms with van der Waals surface area (Å²) in [5, 5.41) is 5.75. The van der Waals surface area contributed by atoms with Crippen molar-refractivity contribution in [3.05, 3.63) is 26.4 Å². The predicted molar refractivity (Wildman–Crippen MR) is 120 cm³/mol. The van der Waals surface area contributed by atoms with E-state index < -0.39 is 29.2 Å². The van der Waals surface area contributed by atoms with E-state index in [1.54, 1.807) is 39.6 Å². The Bertz CT molecular complexity index is 1110. The van der Waals surface area contributed by atoms with Crippen LogP contribution in [0.5, 0.6) is 0 Å². The van der Waals surface area contributed by atoms with Crippen molar-refractivity contribution in [3.63, 3.8) is 0 Å². The maximum absolute atomic E-state index is 12.7. The fourth-order valence-electron chi connectivity index (χ4n) is 3.18. The molecule has 0 unspecified atom stereocenters. The molecule has 0 spiro atoms. The molecule has 2 amide bonds. The zero-order valence-corrected chi connectivity index (χ0v) is 20.7. The summed E-state index contributed by atoms with van der Waals surface area (Å²) < 4.78 is 16.7. The molecule has 2 N–H and O–H groups in total. The van der Waals surface area contributed by atoms with E-state index in [4.69, 9.17) is 9.47 Å². The lowest BCUT2D eigenvalue weighted by atomic mass is 10.0. The van der Waals surface area contributed by atoms with Crippen molar-refractivity contribution in [2.75, 3.05) is 24.2 Å². The Kier molecular flexibility index (Phi) is 7.52. The first kappa shape index (κ1) is 24.8. The Hall–Kier alpha value is -2.80. The molecule has 2 aromatic rings. The molecule has 0 aliphatic carbocycles. The topological polar surface area (TPSA) is 135 Å². The lowest BCUT2D eigenvalue weighted by molar-refractivity contribution is -0.772. The monoisotopic (exact) mass is 499 g/mol. The molecule has 11 nitrogen and oxygen atoms in total. The third kappa shape index (κ3) is 5.96. The van der Waals surface area contributed by atoms with E-state index in [1.165, 1.54) is 16.0 Å². The number of carbonyl (C=O) groups excluding carboxylic acids is 3. The van der Waals surface area contributed by atoms with Gasteiger partial charge in [0.25, 0.3) is 0 Å². The number of thiophene rings is 1. The number of H-pyrrole nitrogens is 1. The van der Waals surface area contributed by atoms with Crippen LogP contribution in [0.3, 0.4) is 0 Å². The number of amides is 2. The lowest BCUT2D eigenvalue weighted by Crippen LogP contribution is -2.39. The summed E-state index contributed by atoms with van der Waals surface area (Å²) in [5.41, 5.74) is -0.117. The number of ether oxygens (including phenoxy) is 2. The highest BCUT2D eigenvalue weighted by atomic mass is 32.2. The Morgan fingerprint density at radius 1 is 1.33 bits per heavy atom. The number of hydrogen-bond acceptors (Lipinski definition) is 9. The number of aromatic nitrogens is 2. The van der Waals surface area contributed by atoms with Gasteiger partial charge < -0.3 is 19.7 Å². The molecule has 0 radical (unpaired) electrons. The Morgan fingerprint density at radius 3 is 2.67 bits per heavy atom. The first-order valence-corrected chi connectivity index (χ1v) is 12.1. The van der Waals surface area contributed by atoms with Crippen molar-refractivity contribution in [3.8, 4) is 0 Å². The lowest BCUT2D eigenvalue weighted by Gasteiger charge is -2.30. The summed E-state index contributed by atoms with van der Waals surface area (Å²) in [6.07, 6.45) is 0.00351. The number of aromatic amines is 1. The minimum Gasteiger partial charge on any atom is -0.462 e. The summed E-state index contributed by atoms with van der Waals surface area (Å²) in [5.74, 6) is -0.985. The molecule has 13 heteroatoms. The Morgan fingerprint density at radius 2 is 2.06 bits per heavy atom. The summed E-state index contributed by atoms with van der Waals surface area (Å²) in [7, 11) is 1.59. The van der Waals surface area contributed by atoms with Gasteiger partial charge in [-0.2, -0.15) is 0 Å². The first-order chi connectivity index (χ1) is 15.5. The van der Waals surface area contributed by atoms with Crippen molar-refractivity contribution < 1.29 is 33.1 Å². The van der Waals surface area contributed by atoms with E-state index in [0.29, 0.717) is 23.5 Å². The molecular weight excluding hydrogens is 472 g/mol. The largest absolute Gasteiger partial charge is 0.462 e. The van der Waals surface area contributed by atoms with Crippen molar-refractivity contribution in [2.24, 2.45) is 7.05 Å². The minimum absolute atomic E-state index is 0.0642. The van der Waals surface area contributed by atoms with Gasteiger partial charge in [0.2, 0.25) is 5.91 Å². The van der Waals surface area contributed by atoms with Crippen molar-refractivity contribution in [1.29, 1.82) is 0 Å². The number of esters is 1. The van der Waals surface area contributed by atoms with Crippen LogP contribution < -0.4 is 15.6 Å². The second kappa shape index (κ2) is 10.00. The number of nitrogens with one attached hydrogen (secondary N) is 2. The van der Waals surface area contributed by atoms with Gasteiger partial charge in [0.05, 0.1) is 24.5 Å². The summed E-state index contributed by atoms with van der Waals surface area (Å²) in [6, 6.07) is 0. The summed E-state index contributed by atoms with van der Waals surface area (Å²) in [4.78, 5) is 51.8. The summed E-state index contributed by atoms with van der Waals surface area (Å²) >= 11 is 2.24. The van der Waals surface area contributed by atoms with E-state index >= 15 is 0 Å². The number of fused-ring (bicyclic) bond motifs is 1. The predicted octanol–water partition coefficient (Wildman–Crippen LogP) is 2.05. The van der Waals surface area contributed by atoms with Gasteiger partial charge in [-0.3, -0.25) is 9.32 Å². The van der Waals surface area contributed by atoms with E-state index in [1.807, 2.05) is 0 Å². The molecule has 3 heterocycles. The molecule has 0 saturated carbocycles. The molecular formula is C20H27N4O7S2+. The molecule has 0 fully saturated rings. The average molecular weight is 500 g/mol. The van der Waals surface area contributed by atoms with Gasteiger partial charge in [-0.1, -0.05) is 4.68 Å². The van der Waals surface area contributed by atoms with Gasteiger partial charge >= 0.3 is 22.7 Å². The van der Waals surface area contributed by atoms with E-state index in [0.717, 1.165) is 22.2 Å². The summed E-state index contributed by atoms with van der Waals surface area (Å²) in [6.45, 7) is 7.95. The average Bonchev–Trinajstić information content (AvgIpc) is 3.23. The zero-order chi connectivity index (χ0) is 24.3. The van der Waals surface area contributed by atoms with E-state index in [2.05, 4.69) is 15.1 Å². The maximum atomic E-state index is 12.7. The molecule has 1 aliphatic heterocycles.